The molecule has 0 saturated carbocycles. The van der Waals surface area contributed by atoms with Gasteiger partial charge < -0.3 is 14.6 Å². The summed E-state index contributed by atoms with van der Waals surface area (Å²) in [6, 6.07) is 7.01. The van der Waals surface area contributed by atoms with Gasteiger partial charge in [0.2, 0.25) is 11.7 Å². The molecule has 2 aromatic rings. The summed E-state index contributed by atoms with van der Waals surface area (Å²) in [6.07, 6.45) is 0.283. The zero-order valence-corrected chi connectivity index (χ0v) is 15.1. The topological polar surface area (TPSA) is 94.3 Å². The molecule has 0 saturated heterocycles. The van der Waals surface area contributed by atoms with Crippen molar-refractivity contribution >= 4 is 23.5 Å². The number of nitrogens with one attached hydrogen (secondary N) is 1. The van der Waals surface area contributed by atoms with Crippen molar-refractivity contribution in [3.63, 3.8) is 0 Å². The number of amides is 1. The zero-order valence-electron chi connectivity index (χ0n) is 14.3. The Morgan fingerprint density at radius 1 is 1.24 bits per heavy atom. The van der Waals surface area contributed by atoms with Crippen molar-refractivity contribution in [2.75, 3.05) is 6.61 Å². The van der Waals surface area contributed by atoms with E-state index in [4.69, 9.17) is 20.9 Å². The number of esters is 1. The molecule has 7 nitrogen and oxygen atoms in total. The highest BCUT2D eigenvalue weighted by molar-refractivity contribution is 6.30. The summed E-state index contributed by atoms with van der Waals surface area (Å²) < 4.78 is 10.0. The summed E-state index contributed by atoms with van der Waals surface area (Å²) in [4.78, 5) is 27.5. The number of nitrogens with zero attached hydrogens (tertiary/aromatic N) is 2. The van der Waals surface area contributed by atoms with Crippen molar-refractivity contribution in [1.82, 2.24) is 15.5 Å². The maximum absolute atomic E-state index is 11.7. The van der Waals surface area contributed by atoms with Crippen LogP contribution in [0.3, 0.4) is 0 Å². The van der Waals surface area contributed by atoms with E-state index in [-0.39, 0.29) is 30.9 Å². The minimum absolute atomic E-state index is 0.0467. The van der Waals surface area contributed by atoms with E-state index in [0.29, 0.717) is 16.7 Å². The average molecular weight is 366 g/mol. The molecule has 0 aliphatic carbocycles. The van der Waals surface area contributed by atoms with Crippen molar-refractivity contribution in [3.05, 3.63) is 35.2 Å². The van der Waals surface area contributed by atoms with E-state index >= 15 is 0 Å². The molecule has 0 radical (unpaired) electrons. The highest BCUT2D eigenvalue weighted by Crippen LogP contribution is 2.19. The van der Waals surface area contributed by atoms with Crippen LogP contribution in [-0.4, -0.2) is 34.2 Å². The van der Waals surface area contributed by atoms with Crippen LogP contribution in [0.4, 0.5) is 0 Å². The third-order valence-corrected chi connectivity index (χ3v) is 3.24. The molecule has 2 rings (SSSR count). The highest BCUT2D eigenvalue weighted by atomic mass is 35.5. The number of carbonyl (C=O) groups excluding carboxylic acids is 2. The van der Waals surface area contributed by atoms with Crippen LogP contribution in [0.1, 0.15) is 33.1 Å². The largest absolute Gasteiger partial charge is 0.456 e. The quantitative estimate of drug-likeness (QED) is 0.791. The Morgan fingerprint density at radius 2 is 1.92 bits per heavy atom. The monoisotopic (exact) mass is 365 g/mol. The minimum atomic E-state index is -0.504. The third kappa shape index (κ3) is 6.54. The Balaban J connectivity index is 1.79. The second-order valence-corrected chi connectivity index (χ2v) is 6.91. The normalized spacial score (nSPS) is 11.2. The van der Waals surface area contributed by atoms with E-state index in [9.17, 15) is 9.59 Å². The smallest absolute Gasteiger partial charge is 0.306 e. The number of carbonyl (C=O) groups is 2. The summed E-state index contributed by atoms with van der Waals surface area (Å²) in [7, 11) is 0. The Bertz CT molecular complexity index is 735. The van der Waals surface area contributed by atoms with Gasteiger partial charge in [-0.15, -0.1) is 0 Å². The SMILES string of the molecule is CC(C)(C)NC(=O)COC(=O)CCc1nc(-c2ccc(Cl)cc2)no1. The third-order valence-electron chi connectivity index (χ3n) is 2.99. The Hall–Kier alpha value is -2.41. The molecule has 1 aromatic heterocycles. The minimum Gasteiger partial charge on any atom is -0.456 e. The fourth-order valence-corrected chi connectivity index (χ4v) is 2.08. The van der Waals surface area contributed by atoms with Gasteiger partial charge in [-0.05, 0) is 45.0 Å². The van der Waals surface area contributed by atoms with Gasteiger partial charge in [0.25, 0.3) is 5.91 Å². The van der Waals surface area contributed by atoms with Gasteiger partial charge in [-0.1, -0.05) is 16.8 Å². The van der Waals surface area contributed by atoms with Gasteiger partial charge in [-0.2, -0.15) is 4.98 Å². The van der Waals surface area contributed by atoms with Crippen molar-refractivity contribution < 1.29 is 18.8 Å². The molecule has 0 spiro atoms. The lowest BCUT2D eigenvalue weighted by atomic mass is 10.1. The first kappa shape index (κ1) is 18.9. The molecule has 134 valence electrons. The molecular weight excluding hydrogens is 346 g/mol. The Morgan fingerprint density at radius 3 is 2.56 bits per heavy atom. The average Bonchev–Trinajstić information content (AvgIpc) is 2.99. The molecule has 25 heavy (non-hydrogen) atoms. The molecule has 0 bridgehead atoms. The predicted molar refractivity (Wildman–Crippen MR) is 91.9 cm³/mol. The fraction of sp³-hybridized carbons (Fsp3) is 0.412. The molecule has 8 heteroatoms. The van der Waals surface area contributed by atoms with Crippen molar-refractivity contribution in [2.24, 2.45) is 0 Å². The first-order valence-electron chi connectivity index (χ1n) is 7.78. The van der Waals surface area contributed by atoms with Crippen molar-refractivity contribution in [3.8, 4) is 11.4 Å². The predicted octanol–water partition coefficient (Wildman–Crippen LogP) is 2.78. The maximum Gasteiger partial charge on any atom is 0.306 e. The number of aryl methyl sites for hydroxylation is 1. The Kier molecular flexibility index (Phi) is 6.14. The van der Waals surface area contributed by atoms with Gasteiger partial charge in [0.1, 0.15) is 0 Å². The van der Waals surface area contributed by atoms with Crippen LogP contribution < -0.4 is 5.32 Å². The molecular formula is C17H20ClN3O4. The van der Waals surface area contributed by atoms with E-state index in [1.54, 1.807) is 24.3 Å². The van der Waals surface area contributed by atoms with Gasteiger partial charge in [-0.25, -0.2) is 0 Å². The number of hydrogen-bond donors (Lipinski definition) is 1. The lowest BCUT2D eigenvalue weighted by Crippen LogP contribution is -2.42. The first-order valence-corrected chi connectivity index (χ1v) is 8.16. The van der Waals surface area contributed by atoms with Gasteiger partial charge in [0.05, 0.1) is 6.42 Å². The number of halogens is 1. The van der Waals surface area contributed by atoms with Crippen LogP contribution in [0.5, 0.6) is 0 Å². The van der Waals surface area contributed by atoms with Gasteiger partial charge in [0.15, 0.2) is 6.61 Å². The van der Waals surface area contributed by atoms with E-state index < -0.39 is 5.97 Å². The number of benzene rings is 1. The lowest BCUT2D eigenvalue weighted by molar-refractivity contribution is -0.149. The second kappa shape index (κ2) is 8.11. The Labute approximate surface area is 150 Å². The van der Waals surface area contributed by atoms with Crippen LogP contribution in [0.2, 0.25) is 5.02 Å². The molecule has 1 N–H and O–H groups in total. The number of rotatable bonds is 6. The van der Waals surface area contributed by atoms with Gasteiger partial charge in [0, 0.05) is 22.5 Å². The molecule has 0 atom stereocenters. The van der Waals surface area contributed by atoms with E-state index in [0.717, 1.165) is 5.56 Å². The molecule has 1 amide bonds. The lowest BCUT2D eigenvalue weighted by Gasteiger charge is -2.20. The molecule has 0 fully saturated rings. The molecule has 0 unspecified atom stereocenters. The summed E-state index contributed by atoms with van der Waals surface area (Å²) in [5.41, 5.74) is 0.395. The van der Waals surface area contributed by atoms with E-state index in [2.05, 4.69) is 15.5 Å². The first-order chi connectivity index (χ1) is 11.7. The van der Waals surface area contributed by atoms with E-state index in [1.807, 2.05) is 20.8 Å². The van der Waals surface area contributed by atoms with E-state index in [1.165, 1.54) is 0 Å². The summed E-state index contributed by atoms with van der Waals surface area (Å²) in [5, 5.41) is 7.19. The number of hydrogen-bond acceptors (Lipinski definition) is 6. The fourth-order valence-electron chi connectivity index (χ4n) is 1.95. The van der Waals surface area contributed by atoms with Crippen molar-refractivity contribution in [2.45, 2.75) is 39.2 Å². The summed E-state index contributed by atoms with van der Waals surface area (Å²) in [5.74, 6) is -0.107. The van der Waals surface area contributed by atoms with Crippen LogP contribution in [0.25, 0.3) is 11.4 Å². The second-order valence-electron chi connectivity index (χ2n) is 6.48. The number of aromatic nitrogens is 2. The highest BCUT2D eigenvalue weighted by Gasteiger charge is 2.16. The molecule has 0 aliphatic heterocycles. The van der Waals surface area contributed by atoms with Crippen molar-refractivity contribution in [1.29, 1.82) is 0 Å². The maximum atomic E-state index is 11.7. The molecule has 1 aromatic carbocycles. The summed E-state index contributed by atoms with van der Waals surface area (Å²) in [6.45, 7) is 5.23. The van der Waals surface area contributed by atoms with Crippen LogP contribution >= 0.6 is 11.6 Å². The summed E-state index contributed by atoms with van der Waals surface area (Å²) >= 11 is 5.83. The van der Waals surface area contributed by atoms with Gasteiger partial charge >= 0.3 is 5.97 Å². The zero-order chi connectivity index (χ0) is 18.4. The van der Waals surface area contributed by atoms with Crippen LogP contribution in [-0.2, 0) is 20.7 Å². The van der Waals surface area contributed by atoms with Crippen LogP contribution in [0.15, 0.2) is 28.8 Å². The molecule has 1 heterocycles. The van der Waals surface area contributed by atoms with Gasteiger partial charge in [-0.3, -0.25) is 9.59 Å². The number of ether oxygens (including phenoxy) is 1. The molecule has 0 aliphatic rings. The standard InChI is InChI=1S/C17H20ClN3O4/c1-17(2,3)20-13(22)10-24-15(23)9-8-14-19-16(21-25-14)11-4-6-12(18)7-5-11/h4-7H,8-10H2,1-3H3,(H,20,22). The van der Waals surface area contributed by atoms with Crippen LogP contribution in [0, 0.1) is 0 Å².